The largest absolute Gasteiger partial charge is 0.389 e. The molecule has 6 heteroatoms. The Morgan fingerprint density at radius 1 is 1.39 bits per heavy atom. The van der Waals surface area contributed by atoms with Crippen LogP contribution in [-0.4, -0.2) is 44.7 Å². The Labute approximate surface area is 134 Å². The summed E-state index contributed by atoms with van der Waals surface area (Å²) in [5, 5.41) is 10.6. The third kappa shape index (κ3) is 3.27. The lowest BCUT2D eigenvalue weighted by Crippen LogP contribution is -2.44. The molecule has 0 unspecified atom stereocenters. The van der Waals surface area contributed by atoms with Gasteiger partial charge < -0.3 is 14.6 Å². The standard InChI is InChI=1S/C17H20FN3O2/c1-20(16(22)10-12-2-4-13(18)5-3-12)14-6-7-15(17(14)23)21-9-8-19-11-21/h2-5,8-9,11,14-15,17,23H,6-7,10H2,1H3/t14-,15-,17-/m1/s1. The van der Waals surface area contributed by atoms with Gasteiger partial charge in [0, 0.05) is 19.4 Å². The average molecular weight is 317 g/mol. The maximum atomic E-state index is 12.9. The van der Waals surface area contributed by atoms with Crippen LogP contribution in [-0.2, 0) is 11.2 Å². The molecule has 1 aromatic carbocycles. The van der Waals surface area contributed by atoms with Crippen molar-refractivity contribution < 1.29 is 14.3 Å². The molecule has 1 fully saturated rings. The zero-order valence-corrected chi connectivity index (χ0v) is 13.0. The molecular formula is C17H20FN3O2. The Hall–Kier alpha value is -2.21. The van der Waals surface area contributed by atoms with Crippen molar-refractivity contribution in [2.45, 2.75) is 37.5 Å². The summed E-state index contributed by atoms with van der Waals surface area (Å²) >= 11 is 0. The van der Waals surface area contributed by atoms with E-state index >= 15 is 0 Å². The van der Waals surface area contributed by atoms with E-state index in [0.717, 1.165) is 18.4 Å². The summed E-state index contributed by atoms with van der Waals surface area (Å²) in [5.74, 6) is -0.393. The van der Waals surface area contributed by atoms with Gasteiger partial charge in [-0.2, -0.15) is 0 Å². The number of likely N-dealkylation sites (N-methyl/N-ethyl adjacent to an activating group) is 1. The summed E-state index contributed by atoms with van der Waals surface area (Å²) in [5.41, 5.74) is 0.766. The van der Waals surface area contributed by atoms with Crippen molar-refractivity contribution >= 4 is 5.91 Å². The van der Waals surface area contributed by atoms with Crippen molar-refractivity contribution in [3.8, 4) is 0 Å². The molecule has 122 valence electrons. The first kappa shape index (κ1) is 15.7. The number of halogens is 1. The predicted octanol–water partition coefficient (Wildman–Crippen LogP) is 1.79. The number of hydrogen-bond acceptors (Lipinski definition) is 3. The monoisotopic (exact) mass is 317 g/mol. The fourth-order valence-electron chi connectivity index (χ4n) is 3.24. The summed E-state index contributed by atoms with van der Waals surface area (Å²) in [6.45, 7) is 0. The Kier molecular flexibility index (Phi) is 4.43. The fourth-order valence-corrected chi connectivity index (χ4v) is 3.24. The van der Waals surface area contributed by atoms with Gasteiger partial charge in [0.1, 0.15) is 5.82 Å². The summed E-state index contributed by atoms with van der Waals surface area (Å²) < 4.78 is 14.8. The SMILES string of the molecule is CN(C(=O)Cc1ccc(F)cc1)[C@@H]1CC[C@@H](n2ccnc2)[C@@H]1O. The van der Waals surface area contributed by atoms with Gasteiger partial charge in [0.05, 0.1) is 30.9 Å². The smallest absolute Gasteiger partial charge is 0.227 e. The van der Waals surface area contributed by atoms with Crippen molar-refractivity contribution in [1.29, 1.82) is 0 Å². The van der Waals surface area contributed by atoms with Crippen LogP contribution >= 0.6 is 0 Å². The van der Waals surface area contributed by atoms with Crippen LogP contribution in [0.25, 0.3) is 0 Å². The number of aliphatic hydroxyl groups is 1. The van der Waals surface area contributed by atoms with Crippen LogP contribution in [0.4, 0.5) is 4.39 Å². The lowest BCUT2D eigenvalue weighted by atomic mass is 10.1. The Bertz CT molecular complexity index is 657. The number of nitrogens with zero attached hydrogens (tertiary/aromatic N) is 3. The Balaban J connectivity index is 1.64. The minimum atomic E-state index is -0.619. The second kappa shape index (κ2) is 6.50. The van der Waals surface area contributed by atoms with Gasteiger partial charge >= 0.3 is 0 Å². The second-order valence-corrected chi connectivity index (χ2v) is 6.02. The van der Waals surface area contributed by atoms with E-state index in [1.807, 2.05) is 10.8 Å². The highest BCUT2D eigenvalue weighted by atomic mass is 19.1. The number of benzene rings is 1. The highest BCUT2D eigenvalue weighted by Gasteiger charge is 2.39. The molecule has 5 nitrogen and oxygen atoms in total. The van der Waals surface area contributed by atoms with Gasteiger partial charge in [-0.15, -0.1) is 0 Å². The van der Waals surface area contributed by atoms with Gasteiger partial charge in [-0.25, -0.2) is 9.37 Å². The van der Waals surface area contributed by atoms with E-state index in [0.29, 0.717) is 0 Å². The number of rotatable bonds is 4. The molecule has 1 heterocycles. The molecule has 1 amide bonds. The molecule has 1 aliphatic rings. The molecule has 0 bridgehead atoms. The van der Waals surface area contributed by atoms with Gasteiger partial charge in [-0.1, -0.05) is 12.1 Å². The minimum absolute atomic E-state index is 0.0522. The van der Waals surface area contributed by atoms with E-state index in [-0.39, 0.29) is 30.2 Å². The summed E-state index contributed by atoms with van der Waals surface area (Å²) in [6, 6.07) is 5.66. The zero-order valence-electron chi connectivity index (χ0n) is 13.0. The fraction of sp³-hybridized carbons (Fsp3) is 0.412. The van der Waals surface area contributed by atoms with E-state index in [4.69, 9.17) is 0 Å². The zero-order chi connectivity index (χ0) is 16.4. The molecule has 1 aromatic heterocycles. The first-order chi connectivity index (χ1) is 11.1. The van der Waals surface area contributed by atoms with Crippen LogP contribution in [0.15, 0.2) is 43.0 Å². The topological polar surface area (TPSA) is 58.4 Å². The molecule has 0 saturated heterocycles. The molecule has 1 saturated carbocycles. The normalized spacial score (nSPS) is 23.9. The number of aromatic nitrogens is 2. The van der Waals surface area contributed by atoms with Crippen LogP contribution in [0.3, 0.4) is 0 Å². The van der Waals surface area contributed by atoms with Crippen LogP contribution in [0.1, 0.15) is 24.4 Å². The van der Waals surface area contributed by atoms with E-state index in [1.165, 1.54) is 12.1 Å². The lowest BCUT2D eigenvalue weighted by molar-refractivity contribution is -0.133. The van der Waals surface area contributed by atoms with Crippen molar-refractivity contribution in [3.63, 3.8) is 0 Å². The second-order valence-electron chi connectivity index (χ2n) is 6.02. The molecule has 2 aromatic rings. The van der Waals surface area contributed by atoms with Crippen LogP contribution < -0.4 is 0 Å². The van der Waals surface area contributed by atoms with Crippen molar-refractivity contribution in [2.24, 2.45) is 0 Å². The van der Waals surface area contributed by atoms with Gasteiger partial charge in [-0.05, 0) is 30.5 Å². The molecule has 0 radical (unpaired) electrons. The lowest BCUT2D eigenvalue weighted by Gasteiger charge is -2.29. The molecule has 3 rings (SSSR count). The van der Waals surface area contributed by atoms with Crippen molar-refractivity contribution in [1.82, 2.24) is 14.5 Å². The molecule has 23 heavy (non-hydrogen) atoms. The molecule has 1 aliphatic carbocycles. The third-order valence-electron chi connectivity index (χ3n) is 4.61. The van der Waals surface area contributed by atoms with E-state index in [1.54, 1.807) is 36.6 Å². The quantitative estimate of drug-likeness (QED) is 0.935. The highest BCUT2D eigenvalue weighted by Crippen LogP contribution is 2.33. The van der Waals surface area contributed by atoms with Crippen LogP contribution in [0.5, 0.6) is 0 Å². The maximum absolute atomic E-state index is 12.9. The summed E-state index contributed by atoms with van der Waals surface area (Å²) in [6.07, 6.45) is 6.34. The molecular weight excluding hydrogens is 297 g/mol. The van der Waals surface area contributed by atoms with E-state index in [2.05, 4.69) is 4.98 Å². The van der Waals surface area contributed by atoms with Crippen LogP contribution in [0.2, 0.25) is 0 Å². The van der Waals surface area contributed by atoms with Gasteiger partial charge in [-0.3, -0.25) is 4.79 Å². The number of aliphatic hydroxyl groups excluding tert-OH is 1. The number of imidazole rings is 1. The minimum Gasteiger partial charge on any atom is -0.389 e. The van der Waals surface area contributed by atoms with Gasteiger partial charge in [0.25, 0.3) is 0 Å². The van der Waals surface area contributed by atoms with Gasteiger partial charge in [0.2, 0.25) is 5.91 Å². The van der Waals surface area contributed by atoms with Crippen molar-refractivity contribution in [3.05, 3.63) is 54.4 Å². The van der Waals surface area contributed by atoms with E-state index < -0.39 is 6.10 Å². The number of amides is 1. The first-order valence-corrected chi connectivity index (χ1v) is 7.72. The van der Waals surface area contributed by atoms with Crippen LogP contribution in [0, 0.1) is 5.82 Å². The number of carbonyl (C=O) groups is 1. The van der Waals surface area contributed by atoms with Gasteiger partial charge in [0.15, 0.2) is 0 Å². The summed E-state index contributed by atoms with van der Waals surface area (Å²) in [4.78, 5) is 18.1. The Morgan fingerprint density at radius 2 is 2.13 bits per heavy atom. The van der Waals surface area contributed by atoms with Crippen molar-refractivity contribution in [2.75, 3.05) is 7.05 Å². The van der Waals surface area contributed by atoms with E-state index in [9.17, 15) is 14.3 Å². The molecule has 1 N–H and O–H groups in total. The average Bonchev–Trinajstić information content (AvgIpc) is 3.18. The molecule has 3 atom stereocenters. The highest BCUT2D eigenvalue weighted by molar-refractivity contribution is 5.79. The maximum Gasteiger partial charge on any atom is 0.227 e. The summed E-state index contributed by atoms with van der Waals surface area (Å²) in [7, 11) is 1.72. The third-order valence-corrected chi connectivity index (χ3v) is 4.61. The predicted molar refractivity (Wildman–Crippen MR) is 83.2 cm³/mol. The first-order valence-electron chi connectivity index (χ1n) is 7.72. The number of hydrogen-bond donors (Lipinski definition) is 1. The number of carbonyl (C=O) groups excluding carboxylic acids is 1. The molecule has 0 aliphatic heterocycles. The Morgan fingerprint density at radius 3 is 2.78 bits per heavy atom. The molecule has 0 spiro atoms.